The number of nitrogens with one attached hydrogen (secondary N) is 1. The standard InChI is InChI=1S/C9H8N2/c1-2-3-4-5-6-8-11-9-7-10/h2,4,8,10H,1,3H2. The molecule has 0 radical (unpaired) electrons. The highest BCUT2D eigenvalue weighted by molar-refractivity contribution is 5.86. The van der Waals surface area contributed by atoms with Crippen LogP contribution in [0.4, 0.5) is 0 Å². The van der Waals surface area contributed by atoms with E-state index in [4.69, 9.17) is 5.41 Å². The van der Waals surface area contributed by atoms with E-state index in [1.807, 2.05) is 5.87 Å². The Labute approximate surface area is 65.8 Å². The van der Waals surface area contributed by atoms with Crippen LogP contribution in [0.1, 0.15) is 6.42 Å². The van der Waals surface area contributed by atoms with Gasteiger partial charge in [-0.15, -0.1) is 6.58 Å². The van der Waals surface area contributed by atoms with Crippen molar-refractivity contribution in [3.63, 3.8) is 0 Å². The number of hydrogen-bond donors (Lipinski definition) is 1. The van der Waals surface area contributed by atoms with E-state index in [0.717, 1.165) is 6.42 Å². The molecular weight excluding hydrogens is 136 g/mol. The molecule has 11 heavy (non-hydrogen) atoms. The zero-order valence-electron chi connectivity index (χ0n) is 6.09. The molecule has 0 heterocycles. The highest BCUT2D eigenvalue weighted by Crippen LogP contribution is 1.77. The minimum atomic E-state index is 0.769. The second-order valence-corrected chi connectivity index (χ2v) is 1.51. The summed E-state index contributed by atoms with van der Waals surface area (Å²) in [5.74, 6) is 4.07. The molecule has 0 spiro atoms. The van der Waals surface area contributed by atoms with Gasteiger partial charge in [0, 0.05) is 0 Å². The third-order valence-corrected chi connectivity index (χ3v) is 0.719. The fourth-order valence-electron chi connectivity index (χ4n) is 0.335. The van der Waals surface area contributed by atoms with E-state index in [1.54, 1.807) is 12.2 Å². The zero-order chi connectivity index (χ0) is 8.36. The van der Waals surface area contributed by atoms with Crippen LogP contribution in [0, 0.1) is 5.41 Å². The predicted octanol–water partition coefficient (Wildman–Crippen LogP) is 1.86. The monoisotopic (exact) mass is 144 g/mol. The van der Waals surface area contributed by atoms with Gasteiger partial charge in [-0.3, -0.25) is 0 Å². The molecule has 0 aromatic heterocycles. The number of nitrogens with zero attached hydrogens (tertiary/aromatic N) is 1. The molecule has 0 saturated heterocycles. The molecule has 0 amide bonds. The van der Waals surface area contributed by atoms with Crippen LogP contribution < -0.4 is 0 Å². The van der Waals surface area contributed by atoms with Crippen molar-refractivity contribution in [3.8, 4) is 0 Å². The lowest BCUT2D eigenvalue weighted by atomic mass is 10.4. The summed E-state index contributed by atoms with van der Waals surface area (Å²) in [5, 5.41) is 6.40. The van der Waals surface area contributed by atoms with Crippen LogP contribution >= 0.6 is 0 Å². The Bertz CT molecular complexity index is 288. The van der Waals surface area contributed by atoms with Crippen LogP contribution in [0.3, 0.4) is 0 Å². The van der Waals surface area contributed by atoms with Gasteiger partial charge in [0.25, 0.3) is 0 Å². The number of rotatable bonds is 3. The SMILES string of the molecule is C=CCC=C=C=CN=C=C=N. The van der Waals surface area contributed by atoms with Gasteiger partial charge in [0.2, 0.25) is 0 Å². The number of hydrogen-bond acceptors (Lipinski definition) is 2. The van der Waals surface area contributed by atoms with Gasteiger partial charge in [0.05, 0.1) is 17.9 Å². The molecule has 0 bridgehead atoms. The Balaban J connectivity index is 4.10. The summed E-state index contributed by atoms with van der Waals surface area (Å²) >= 11 is 0. The number of allylic oxidation sites excluding steroid dienone is 2. The molecule has 0 fully saturated rings. The van der Waals surface area contributed by atoms with Crippen LogP contribution in [0.25, 0.3) is 0 Å². The number of aliphatic imine (C=N–C) groups is 1. The smallest absolute Gasteiger partial charge is 0.0878 e. The molecule has 0 aliphatic heterocycles. The maximum absolute atomic E-state index is 6.40. The second kappa shape index (κ2) is 8.20. The van der Waals surface area contributed by atoms with E-state index < -0.39 is 0 Å². The molecule has 0 aliphatic rings. The van der Waals surface area contributed by atoms with Crippen molar-refractivity contribution < 1.29 is 0 Å². The topological polar surface area (TPSA) is 36.2 Å². The molecule has 0 atom stereocenters. The van der Waals surface area contributed by atoms with Gasteiger partial charge in [-0.2, -0.15) is 4.99 Å². The van der Waals surface area contributed by atoms with Crippen LogP contribution in [-0.2, 0) is 0 Å². The van der Waals surface area contributed by atoms with Crippen molar-refractivity contribution in [1.82, 2.24) is 0 Å². The Kier molecular flexibility index (Phi) is 6.86. The lowest BCUT2D eigenvalue weighted by Gasteiger charge is -1.66. The summed E-state index contributed by atoms with van der Waals surface area (Å²) in [4.78, 5) is 3.49. The minimum Gasteiger partial charge on any atom is -0.250 e. The summed E-state index contributed by atoms with van der Waals surface area (Å²) in [6.07, 6.45) is 5.66. The molecule has 0 saturated carbocycles. The van der Waals surface area contributed by atoms with Crippen molar-refractivity contribution in [2.75, 3.05) is 0 Å². The first kappa shape index (κ1) is 9.20. The summed E-state index contributed by atoms with van der Waals surface area (Å²) in [6, 6.07) is 0. The molecule has 54 valence electrons. The van der Waals surface area contributed by atoms with E-state index in [2.05, 4.69) is 28.9 Å². The molecule has 0 unspecified atom stereocenters. The Hall–Kier alpha value is -1.80. The summed E-state index contributed by atoms with van der Waals surface area (Å²) in [6.45, 7) is 3.53. The lowest BCUT2D eigenvalue weighted by Crippen LogP contribution is -1.49. The third-order valence-electron chi connectivity index (χ3n) is 0.719. The van der Waals surface area contributed by atoms with Crippen molar-refractivity contribution in [2.45, 2.75) is 6.42 Å². The summed E-state index contributed by atoms with van der Waals surface area (Å²) < 4.78 is 0. The molecule has 2 heteroatoms. The van der Waals surface area contributed by atoms with E-state index in [1.165, 1.54) is 6.20 Å². The van der Waals surface area contributed by atoms with E-state index in [-0.39, 0.29) is 0 Å². The molecule has 0 aliphatic carbocycles. The Morgan fingerprint density at radius 1 is 1.45 bits per heavy atom. The summed E-state index contributed by atoms with van der Waals surface area (Å²) in [5.41, 5.74) is 5.34. The normalized spacial score (nSPS) is 5.82. The van der Waals surface area contributed by atoms with Crippen LogP contribution in [-0.4, -0.2) is 11.7 Å². The third kappa shape index (κ3) is 8.20. The fourth-order valence-corrected chi connectivity index (χ4v) is 0.335. The average Bonchev–Trinajstić information content (AvgIpc) is 2.03. The molecular formula is C9H8N2. The largest absolute Gasteiger partial charge is 0.250 e. The maximum Gasteiger partial charge on any atom is 0.0878 e. The van der Waals surface area contributed by atoms with Crippen molar-refractivity contribution in [3.05, 3.63) is 36.4 Å². The van der Waals surface area contributed by atoms with Gasteiger partial charge < -0.3 is 0 Å². The molecule has 0 aromatic rings. The lowest BCUT2D eigenvalue weighted by molar-refractivity contribution is 1.42. The van der Waals surface area contributed by atoms with E-state index >= 15 is 0 Å². The van der Waals surface area contributed by atoms with Crippen molar-refractivity contribution in [1.29, 1.82) is 5.41 Å². The molecule has 2 nitrogen and oxygen atoms in total. The Morgan fingerprint density at radius 3 is 2.91 bits per heavy atom. The van der Waals surface area contributed by atoms with E-state index in [9.17, 15) is 0 Å². The van der Waals surface area contributed by atoms with Crippen LogP contribution in [0.2, 0.25) is 0 Å². The molecule has 0 rings (SSSR count). The highest BCUT2D eigenvalue weighted by atomic mass is 14.6. The van der Waals surface area contributed by atoms with Gasteiger partial charge in [0.1, 0.15) is 0 Å². The first-order valence-electron chi connectivity index (χ1n) is 3.03. The maximum atomic E-state index is 6.40. The van der Waals surface area contributed by atoms with Crippen molar-refractivity contribution in [2.24, 2.45) is 4.99 Å². The van der Waals surface area contributed by atoms with Gasteiger partial charge in [-0.05, 0) is 18.2 Å². The first-order valence-corrected chi connectivity index (χ1v) is 3.03. The van der Waals surface area contributed by atoms with E-state index in [0.29, 0.717) is 0 Å². The van der Waals surface area contributed by atoms with Gasteiger partial charge in [-0.25, -0.2) is 5.41 Å². The average molecular weight is 144 g/mol. The van der Waals surface area contributed by atoms with Crippen molar-refractivity contribution >= 4 is 11.7 Å². The quantitative estimate of drug-likeness (QED) is 0.356. The van der Waals surface area contributed by atoms with Crippen LogP contribution in [0.15, 0.2) is 41.4 Å². The van der Waals surface area contributed by atoms with Crippen LogP contribution in [0.5, 0.6) is 0 Å². The predicted molar refractivity (Wildman–Crippen MR) is 46.1 cm³/mol. The second-order valence-electron chi connectivity index (χ2n) is 1.51. The minimum absolute atomic E-state index is 0.769. The van der Waals surface area contributed by atoms with Gasteiger partial charge in [-0.1, -0.05) is 11.8 Å². The zero-order valence-corrected chi connectivity index (χ0v) is 6.09. The van der Waals surface area contributed by atoms with Gasteiger partial charge in [0.15, 0.2) is 0 Å². The summed E-state index contributed by atoms with van der Waals surface area (Å²) in [7, 11) is 0. The molecule has 1 N–H and O–H groups in total. The van der Waals surface area contributed by atoms with Gasteiger partial charge >= 0.3 is 0 Å². The first-order chi connectivity index (χ1) is 5.41. The Morgan fingerprint density at radius 2 is 2.27 bits per heavy atom. The molecule has 0 aromatic carbocycles. The highest BCUT2D eigenvalue weighted by Gasteiger charge is 1.58. The fraction of sp³-hybridized carbons (Fsp3) is 0.111.